The molecule has 3 heterocycles. The van der Waals surface area contributed by atoms with Crippen LogP contribution in [-0.4, -0.2) is 63.3 Å². The van der Waals surface area contributed by atoms with Gasteiger partial charge in [-0.05, 0) is 42.0 Å². The molecule has 2 aromatic heterocycles. The number of aliphatic carboxylic acids is 1. The highest BCUT2D eigenvalue weighted by molar-refractivity contribution is 6.30. The van der Waals surface area contributed by atoms with Crippen LogP contribution in [0.25, 0.3) is 11.0 Å². The van der Waals surface area contributed by atoms with Crippen molar-refractivity contribution in [3.63, 3.8) is 0 Å². The average Bonchev–Trinajstić information content (AvgIpc) is 2.89. The normalized spacial score (nSPS) is 14.1. The van der Waals surface area contributed by atoms with Gasteiger partial charge in [-0.1, -0.05) is 35.9 Å². The first-order valence-electron chi connectivity index (χ1n) is 11.6. The summed E-state index contributed by atoms with van der Waals surface area (Å²) in [5.74, 6) is -1.12. The number of benzene rings is 2. The molecule has 2 aromatic carbocycles. The molecule has 0 saturated carbocycles. The third-order valence-electron chi connectivity index (χ3n) is 5.69. The number of rotatable bonds is 5. The second kappa shape index (κ2) is 12.1. The molecule has 1 aliphatic heterocycles. The number of nitrogens with one attached hydrogen (secondary N) is 1. The summed E-state index contributed by atoms with van der Waals surface area (Å²) in [6.07, 6.45) is -1.53. The summed E-state index contributed by atoms with van der Waals surface area (Å²) in [6, 6.07) is 20.0. The summed E-state index contributed by atoms with van der Waals surface area (Å²) in [5, 5.41) is 11.3. The molecule has 0 unspecified atom stereocenters. The van der Waals surface area contributed by atoms with E-state index < -0.39 is 12.1 Å². The predicted molar refractivity (Wildman–Crippen MR) is 140 cm³/mol. The van der Waals surface area contributed by atoms with E-state index in [4.69, 9.17) is 31.5 Å². The first-order valence-corrected chi connectivity index (χ1v) is 12.0. The number of anilines is 3. The van der Waals surface area contributed by atoms with Gasteiger partial charge in [-0.3, -0.25) is 9.88 Å². The average molecular weight is 545 g/mol. The van der Waals surface area contributed by atoms with Gasteiger partial charge in [0.05, 0.1) is 22.9 Å². The fourth-order valence-electron chi connectivity index (χ4n) is 3.88. The standard InChI is InChI=1S/C24H23ClN6.C2HF3O2/c25-19-6-3-5-18(15-19)17-30-11-13-31(14-12-30)24-23(27-20-7-4-10-26-16-20)28-21-8-1-2-9-22(21)29-24;3-2(4,5)1(6)7/h1-10,15-16H,11-14,17H2,(H,27,28);(H,6,7). The van der Waals surface area contributed by atoms with Gasteiger partial charge in [0.1, 0.15) is 0 Å². The molecule has 198 valence electrons. The number of piperazine rings is 1. The molecule has 0 radical (unpaired) electrons. The van der Waals surface area contributed by atoms with Gasteiger partial charge in [-0.25, -0.2) is 14.8 Å². The molecule has 12 heteroatoms. The topological polar surface area (TPSA) is 94.5 Å². The Morgan fingerprint density at radius 3 is 2.26 bits per heavy atom. The van der Waals surface area contributed by atoms with Crippen LogP contribution < -0.4 is 10.2 Å². The van der Waals surface area contributed by atoms with Gasteiger partial charge in [-0.2, -0.15) is 13.2 Å². The van der Waals surface area contributed by atoms with Gasteiger partial charge in [0.2, 0.25) is 0 Å². The van der Waals surface area contributed by atoms with Crippen molar-refractivity contribution in [2.24, 2.45) is 0 Å². The summed E-state index contributed by atoms with van der Waals surface area (Å²) in [4.78, 5) is 27.7. The van der Waals surface area contributed by atoms with Crippen LogP contribution in [0.15, 0.2) is 73.1 Å². The summed E-state index contributed by atoms with van der Waals surface area (Å²) >= 11 is 6.14. The lowest BCUT2D eigenvalue weighted by molar-refractivity contribution is -0.192. The second-order valence-electron chi connectivity index (χ2n) is 8.45. The molecule has 0 atom stereocenters. The van der Waals surface area contributed by atoms with Crippen molar-refractivity contribution in [3.05, 3.63) is 83.6 Å². The van der Waals surface area contributed by atoms with Crippen LogP contribution in [0.3, 0.4) is 0 Å². The van der Waals surface area contributed by atoms with Gasteiger partial charge in [0.15, 0.2) is 11.6 Å². The number of aromatic nitrogens is 3. The van der Waals surface area contributed by atoms with Crippen molar-refractivity contribution < 1.29 is 23.1 Å². The van der Waals surface area contributed by atoms with Crippen molar-refractivity contribution >= 4 is 45.9 Å². The molecule has 5 rings (SSSR count). The number of carboxylic acids is 1. The second-order valence-corrected chi connectivity index (χ2v) is 8.88. The molecule has 4 aromatic rings. The molecule has 38 heavy (non-hydrogen) atoms. The third-order valence-corrected chi connectivity index (χ3v) is 5.92. The van der Waals surface area contributed by atoms with Crippen molar-refractivity contribution in [1.29, 1.82) is 0 Å². The number of nitrogens with zero attached hydrogens (tertiary/aromatic N) is 5. The van der Waals surface area contributed by atoms with Gasteiger partial charge < -0.3 is 15.3 Å². The number of hydrogen-bond donors (Lipinski definition) is 2. The lowest BCUT2D eigenvalue weighted by atomic mass is 10.2. The van der Waals surface area contributed by atoms with E-state index in [1.807, 2.05) is 54.6 Å². The van der Waals surface area contributed by atoms with E-state index in [0.29, 0.717) is 0 Å². The number of fused-ring (bicyclic) bond motifs is 1. The molecular formula is C26H24ClF3N6O2. The van der Waals surface area contributed by atoms with Gasteiger partial charge in [-0.15, -0.1) is 0 Å². The summed E-state index contributed by atoms with van der Waals surface area (Å²) in [5.41, 5.74) is 3.91. The number of carbonyl (C=O) groups is 1. The zero-order chi connectivity index (χ0) is 27.1. The van der Waals surface area contributed by atoms with Crippen molar-refractivity contribution in [3.8, 4) is 0 Å². The molecule has 8 nitrogen and oxygen atoms in total. The van der Waals surface area contributed by atoms with Gasteiger partial charge >= 0.3 is 12.1 Å². The minimum Gasteiger partial charge on any atom is -0.475 e. The highest BCUT2D eigenvalue weighted by Crippen LogP contribution is 2.28. The van der Waals surface area contributed by atoms with Crippen LogP contribution in [0.2, 0.25) is 5.02 Å². The smallest absolute Gasteiger partial charge is 0.475 e. The summed E-state index contributed by atoms with van der Waals surface area (Å²) in [6.45, 7) is 4.57. The molecular weight excluding hydrogens is 521 g/mol. The molecule has 0 bridgehead atoms. The molecule has 0 aliphatic carbocycles. The highest BCUT2D eigenvalue weighted by atomic mass is 35.5. The first-order chi connectivity index (χ1) is 18.2. The predicted octanol–water partition coefficient (Wildman–Crippen LogP) is 5.38. The SMILES string of the molecule is Clc1cccc(CN2CCN(c3nc4ccccc4nc3Nc3cccnc3)CC2)c1.O=C(O)C(F)(F)F. The fourth-order valence-corrected chi connectivity index (χ4v) is 4.09. The molecule has 1 fully saturated rings. The van der Waals surface area contributed by atoms with E-state index in [0.717, 1.165) is 66.1 Å². The van der Waals surface area contributed by atoms with E-state index in [2.05, 4.69) is 26.2 Å². The van der Waals surface area contributed by atoms with E-state index in [1.54, 1.807) is 12.4 Å². The zero-order valence-electron chi connectivity index (χ0n) is 20.1. The molecule has 2 N–H and O–H groups in total. The Morgan fingerprint density at radius 1 is 0.974 bits per heavy atom. The Hall–Kier alpha value is -3.96. The van der Waals surface area contributed by atoms with Crippen LogP contribution >= 0.6 is 11.6 Å². The highest BCUT2D eigenvalue weighted by Gasteiger charge is 2.38. The number of hydrogen-bond acceptors (Lipinski definition) is 7. The lowest BCUT2D eigenvalue weighted by Crippen LogP contribution is -2.46. The molecule has 0 spiro atoms. The Bertz CT molecular complexity index is 1380. The summed E-state index contributed by atoms with van der Waals surface area (Å²) < 4.78 is 31.7. The maximum Gasteiger partial charge on any atom is 0.490 e. The maximum absolute atomic E-state index is 10.6. The van der Waals surface area contributed by atoms with Gasteiger partial charge in [0, 0.05) is 43.9 Å². The number of alkyl halides is 3. The third kappa shape index (κ3) is 7.30. The largest absolute Gasteiger partial charge is 0.490 e. The van der Waals surface area contributed by atoms with Gasteiger partial charge in [0.25, 0.3) is 0 Å². The Labute approximate surface area is 221 Å². The zero-order valence-corrected chi connectivity index (χ0v) is 20.8. The maximum atomic E-state index is 10.6. The van der Waals surface area contributed by atoms with E-state index in [1.165, 1.54) is 5.56 Å². The van der Waals surface area contributed by atoms with Crippen LogP contribution in [0, 0.1) is 0 Å². The van der Waals surface area contributed by atoms with E-state index in [-0.39, 0.29) is 0 Å². The lowest BCUT2D eigenvalue weighted by Gasteiger charge is -2.36. The Balaban J connectivity index is 0.000000426. The minimum absolute atomic E-state index is 0.759. The number of para-hydroxylation sites is 2. The van der Waals surface area contributed by atoms with Crippen LogP contribution in [0.1, 0.15) is 5.56 Å². The van der Waals surface area contributed by atoms with Crippen molar-refractivity contribution in [1.82, 2.24) is 19.9 Å². The number of pyridine rings is 1. The quantitative estimate of drug-likeness (QED) is 0.346. The monoisotopic (exact) mass is 544 g/mol. The number of carboxylic acid groups (broad SMARTS) is 1. The van der Waals surface area contributed by atoms with Crippen LogP contribution in [0.4, 0.5) is 30.5 Å². The Kier molecular flexibility index (Phi) is 8.59. The molecule has 0 amide bonds. The van der Waals surface area contributed by atoms with Crippen molar-refractivity contribution in [2.45, 2.75) is 12.7 Å². The van der Waals surface area contributed by atoms with E-state index in [9.17, 15) is 13.2 Å². The van der Waals surface area contributed by atoms with Crippen LogP contribution in [-0.2, 0) is 11.3 Å². The first kappa shape index (κ1) is 27.1. The van der Waals surface area contributed by atoms with E-state index >= 15 is 0 Å². The minimum atomic E-state index is -5.08. The van der Waals surface area contributed by atoms with Crippen molar-refractivity contribution in [2.75, 3.05) is 36.4 Å². The van der Waals surface area contributed by atoms with Crippen LogP contribution in [0.5, 0.6) is 0 Å². The fraction of sp³-hybridized carbons (Fsp3) is 0.231. The Morgan fingerprint density at radius 2 is 1.66 bits per heavy atom. The number of halogens is 4. The molecule has 1 aliphatic rings. The molecule has 1 saturated heterocycles. The summed E-state index contributed by atoms with van der Waals surface area (Å²) in [7, 11) is 0.